The Balaban J connectivity index is 2.16. The molecule has 0 amide bonds. The van der Waals surface area contributed by atoms with Crippen LogP contribution in [0.5, 0.6) is 0 Å². The number of nitro benzene ring substituents is 1. The van der Waals surface area contributed by atoms with Crippen LogP contribution in [0.15, 0.2) is 18.2 Å². The van der Waals surface area contributed by atoms with Crippen LogP contribution in [0.2, 0.25) is 0 Å². The number of nitrogens with zero attached hydrogens (tertiary/aromatic N) is 2. The van der Waals surface area contributed by atoms with Crippen molar-refractivity contribution in [1.29, 1.82) is 5.26 Å². The lowest BCUT2D eigenvalue weighted by Crippen LogP contribution is -2.14. The summed E-state index contributed by atoms with van der Waals surface area (Å²) in [4.78, 5) is 10.5. The van der Waals surface area contributed by atoms with Crippen molar-refractivity contribution in [2.45, 2.75) is 19.8 Å². The van der Waals surface area contributed by atoms with Gasteiger partial charge >= 0.3 is 5.69 Å². The van der Waals surface area contributed by atoms with Gasteiger partial charge in [0.15, 0.2) is 0 Å². The zero-order valence-corrected chi connectivity index (χ0v) is 10.2. The van der Waals surface area contributed by atoms with Gasteiger partial charge in [-0.15, -0.1) is 0 Å². The topological polar surface area (TPSA) is 79.0 Å². The van der Waals surface area contributed by atoms with Gasteiger partial charge in [-0.25, -0.2) is 0 Å². The lowest BCUT2D eigenvalue weighted by molar-refractivity contribution is -0.384. The van der Waals surface area contributed by atoms with Crippen LogP contribution in [0, 0.1) is 33.3 Å². The third kappa shape index (κ3) is 2.59. The minimum Gasteiger partial charge on any atom is -0.379 e. The maximum Gasteiger partial charge on any atom is 0.309 e. The Labute approximate surface area is 106 Å². The van der Waals surface area contributed by atoms with Gasteiger partial charge in [0.1, 0.15) is 17.3 Å². The first-order chi connectivity index (χ1) is 8.63. The van der Waals surface area contributed by atoms with Crippen molar-refractivity contribution in [3.05, 3.63) is 33.9 Å². The van der Waals surface area contributed by atoms with Crippen molar-refractivity contribution in [2.24, 2.45) is 11.8 Å². The van der Waals surface area contributed by atoms with Crippen molar-refractivity contribution < 1.29 is 4.92 Å². The predicted molar refractivity (Wildman–Crippen MR) is 68.2 cm³/mol. The number of nitriles is 1. The summed E-state index contributed by atoms with van der Waals surface area (Å²) in [6, 6.07) is 6.64. The Morgan fingerprint density at radius 2 is 2.33 bits per heavy atom. The number of rotatable bonds is 5. The highest BCUT2D eigenvalue weighted by Gasteiger charge is 2.28. The Morgan fingerprint density at radius 3 is 2.89 bits per heavy atom. The van der Waals surface area contributed by atoms with Gasteiger partial charge in [0.05, 0.1) is 4.92 Å². The fourth-order valence-corrected chi connectivity index (χ4v) is 2.08. The molecule has 0 aliphatic heterocycles. The van der Waals surface area contributed by atoms with Crippen LogP contribution in [0.4, 0.5) is 11.4 Å². The quantitative estimate of drug-likeness (QED) is 0.639. The number of para-hydroxylation sites is 1. The zero-order chi connectivity index (χ0) is 13.1. The molecular weight excluding hydrogens is 230 g/mol. The molecule has 94 valence electrons. The Bertz CT molecular complexity index is 503. The molecule has 1 N–H and O–H groups in total. The predicted octanol–water partition coefficient (Wildman–Crippen LogP) is 2.92. The number of nitro groups is 1. The van der Waals surface area contributed by atoms with E-state index < -0.39 is 4.92 Å². The van der Waals surface area contributed by atoms with E-state index in [1.807, 2.05) is 6.07 Å². The molecule has 0 aromatic heterocycles. The van der Waals surface area contributed by atoms with Crippen molar-refractivity contribution >= 4 is 11.4 Å². The number of benzene rings is 1. The monoisotopic (exact) mass is 245 g/mol. The van der Waals surface area contributed by atoms with E-state index in [4.69, 9.17) is 5.26 Å². The maximum absolute atomic E-state index is 11.0. The van der Waals surface area contributed by atoms with Crippen LogP contribution in [0.3, 0.4) is 0 Å². The molecule has 0 saturated heterocycles. The Hall–Kier alpha value is -2.09. The summed E-state index contributed by atoms with van der Waals surface area (Å²) in [7, 11) is 0. The second-order valence-electron chi connectivity index (χ2n) is 4.77. The van der Waals surface area contributed by atoms with E-state index in [1.165, 1.54) is 18.9 Å². The van der Waals surface area contributed by atoms with Crippen molar-refractivity contribution in [3.8, 4) is 6.07 Å². The largest absolute Gasteiger partial charge is 0.379 e. The zero-order valence-electron chi connectivity index (χ0n) is 10.2. The molecule has 0 radical (unpaired) electrons. The normalized spacial score (nSPS) is 15.8. The van der Waals surface area contributed by atoms with Crippen LogP contribution in [0.1, 0.15) is 25.3 Å². The second kappa shape index (κ2) is 5.05. The van der Waals surface area contributed by atoms with Crippen LogP contribution in [-0.2, 0) is 0 Å². The molecule has 1 saturated carbocycles. The summed E-state index contributed by atoms with van der Waals surface area (Å²) in [5.41, 5.74) is 0.415. The molecular formula is C13H15N3O2. The molecule has 2 rings (SSSR count). The fourth-order valence-electron chi connectivity index (χ4n) is 2.08. The molecule has 1 unspecified atom stereocenters. The molecule has 1 aliphatic carbocycles. The number of hydrogen-bond acceptors (Lipinski definition) is 4. The van der Waals surface area contributed by atoms with Crippen molar-refractivity contribution in [1.82, 2.24) is 0 Å². The lowest BCUT2D eigenvalue weighted by atomic mass is 10.1. The number of anilines is 1. The molecule has 5 nitrogen and oxygen atoms in total. The average Bonchev–Trinajstić information content (AvgIpc) is 3.19. The second-order valence-corrected chi connectivity index (χ2v) is 4.77. The van der Waals surface area contributed by atoms with Crippen LogP contribution in [-0.4, -0.2) is 11.5 Å². The van der Waals surface area contributed by atoms with E-state index in [0.717, 1.165) is 5.92 Å². The molecule has 0 bridgehead atoms. The van der Waals surface area contributed by atoms with E-state index in [2.05, 4.69) is 12.2 Å². The highest BCUT2D eigenvalue weighted by atomic mass is 16.6. The van der Waals surface area contributed by atoms with Crippen molar-refractivity contribution in [3.63, 3.8) is 0 Å². The fraction of sp³-hybridized carbons (Fsp3) is 0.462. The summed E-state index contributed by atoms with van der Waals surface area (Å²) in [5.74, 6) is 1.26. The van der Waals surface area contributed by atoms with E-state index in [1.54, 1.807) is 12.1 Å². The first-order valence-corrected chi connectivity index (χ1v) is 6.05. The summed E-state index contributed by atoms with van der Waals surface area (Å²) < 4.78 is 0. The van der Waals surface area contributed by atoms with Crippen LogP contribution in [0.25, 0.3) is 0 Å². The highest BCUT2D eigenvalue weighted by molar-refractivity contribution is 5.68. The molecule has 1 aromatic rings. The van der Waals surface area contributed by atoms with Gasteiger partial charge in [-0.1, -0.05) is 13.0 Å². The highest BCUT2D eigenvalue weighted by Crippen LogP contribution is 2.37. The molecule has 1 atom stereocenters. The third-order valence-corrected chi connectivity index (χ3v) is 3.38. The van der Waals surface area contributed by atoms with Gasteiger partial charge in [0, 0.05) is 6.54 Å². The first kappa shape index (κ1) is 12.4. The van der Waals surface area contributed by atoms with Crippen molar-refractivity contribution in [2.75, 3.05) is 11.9 Å². The summed E-state index contributed by atoms with van der Waals surface area (Å²) in [6.45, 7) is 2.85. The molecule has 1 aliphatic rings. The van der Waals surface area contributed by atoms with Gasteiger partial charge < -0.3 is 5.32 Å². The Kier molecular flexibility index (Phi) is 3.47. The SMILES string of the molecule is CC(CNc1cccc(C#N)c1[N+](=O)[O-])C1CC1. The van der Waals surface area contributed by atoms with Crippen LogP contribution >= 0.6 is 0 Å². The number of hydrogen-bond donors (Lipinski definition) is 1. The van der Waals surface area contributed by atoms with E-state index in [0.29, 0.717) is 18.2 Å². The molecule has 1 fully saturated rings. The van der Waals surface area contributed by atoms with E-state index in [-0.39, 0.29) is 11.3 Å². The smallest absolute Gasteiger partial charge is 0.309 e. The summed E-state index contributed by atoms with van der Waals surface area (Å²) in [6.07, 6.45) is 2.51. The van der Waals surface area contributed by atoms with Gasteiger partial charge in [0.25, 0.3) is 0 Å². The molecule has 18 heavy (non-hydrogen) atoms. The van der Waals surface area contributed by atoms with Gasteiger partial charge in [-0.05, 0) is 36.8 Å². The lowest BCUT2D eigenvalue weighted by Gasteiger charge is -2.12. The van der Waals surface area contributed by atoms with E-state index >= 15 is 0 Å². The van der Waals surface area contributed by atoms with Gasteiger partial charge in [-0.2, -0.15) is 5.26 Å². The molecule has 0 spiro atoms. The summed E-state index contributed by atoms with van der Waals surface area (Å²) in [5, 5.41) is 23.0. The van der Waals surface area contributed by atoms with Gasteiger partial charge in [0.2, 0.25) is 0 Å². The van der Waals surface area contributed by atoms with Gasteiger partial charge in [-0.3, -0.25) is 10.1 Å². The molecule has 0 heterocycles. The molecule has 1 aromatic carbocycles. The number of nitrogens with one attached hydrogen (secondary N) is 1. The van der Waals surface area contributed by atoms with E-state index in [9.17, 15) is 10.1 Å². The molecule has 5 heteroatoms. The first-order valence-electron chi connectivity index (χ1n) is 6.05. The van der Waals surface area contributed by atoms with Crippen LogP contribution < -0.4 is 5.32 Å². The maximum atomic E-state index is 11.0. The minimum atomic E-state index is -0.497. The average molecular weight is 245 g/mol. The third-order valence-electron chi connectivity index (χ3n) is 3.38. The standard InChI is InChI=1S/C13H15N3O2/c1-9(10-5-6-10)8-15-12-4-2-3-11(7-14)13(12)16(17)18/h2-4,9-10,15H,5-6,8H2,1H3. The minimum absolute atomic E-state index is 0.101. The summed E-state index contributed by atoms with van der Waals surface area (Å²) >= 11 is 0. The Morgan fingerprint density at radius 1 is 1.61 bits per heavy atom.